The van der Waals surface area contributed by atoms with Gasteiger partial charge in [0.1, 0.15) is 0 Å². The van der Waals surface area contributed by atoms with Crippen molar-refractivity contribution in [3.8, 4) is 0 Å². The van der Waals surface area contributed by atoms with Crippen LogP contribution in [0.25, 0.3) is 0 Å². The van der Waals surface area contributed by atoms with Crippen molar-refractivity contribution in [3.63, 3.8) is 0 Å². The van der Waals surface area contributed by atoms with E-state index in [2.05, 4.69) is 0 Å². The second-order valence-electron chi connectivity index (χ2n) is 0. The molecule has 0 aromatic carbocycles. The Hall–Kier alpha value is 6.30. The van der Waals surface area contributed by atoms with Crippen molar-refractivity contribution in [2.45, 2.75) is 0 Å². The molecular formula is H10Ca5. The molecule has 0 aliphatic carbocycles. The van der Waals surface area contributed by atoms with Crippen LogP contribution in [0.2, 0.25) is 0 Å². The van der Waals surface area contributed by atoms with Gasteiger partial charge in [-0.3, -0.25) is 0 Å². The van der Waals surface area contributed by atoms with Gasteiger partial charge in [0.05, 0.1) is 0 Å². The molecule has 0 fully saturated rings. The van der Waals surface area contributed by atoms with Crippen LogP contribution in [0.3, 0.4) is 0 Å². The van der Waals surface area contributed by atoms with Crippen LogP contribution in [0.15, 0.2) is 0 Å². The van der Waals surface area contributed by atoms with E-state index in [1.54, 1.807) is 0 Å². The van der Waals surface area contributed by atoms with Gasteiger partial charge < -0.3 is 0 Å². The number of rotatable bonds is 0. The molecule has 0 aromatic heterocycles. The molecular weight excluding hydrogens is 200 g/mol. The van der Waals surface area contributed by atoms with Gasteiger partial charge in [-0.25, -0.2) is 0 Å². The summed E-state index contributed by atoms with van der Waals surface area (Å²) in [7, 11) is 0. The SMILES string of the molecule is [CaH2].[CaH2].[CaH2].[CaH2].[CaH2]. The van der Waals surface area contributed by atoms with Crippen LogP contribution in [0.1, 0.15) is 0 Å². The van der Waals surface area contributed by atoms with Crippen molar-refractivity contribution < 1.29 is 0 Å². The van der Waals surface area contributed by atoms with Gasteiger partial charge in [-0.05, 0) is 0 Å². The molecule has 0 saturated carbocycles. The van der Waals surface area contributed by atoms with E-state index in [0.29, 0.717) is 0 Å². The summed E-state index contributed by atoms with van der Waals surface area (Å²) in [6.45, 7) is 0. The second-order valence-corrected chi connectivity index (χ2v) is 0. The minimum absolute atomic E-state index is 0. The van der Waals surface area contributed by atoms with Gasteiger partial charge in [0.15, 0.2) is 0 Å². The maximum absolute atomic E-state index is 0. The van der Waals surface area contributed by atoms with Crippen molar-refractivity contribution >= 4 is 189 Å². The molecule has 0 heterocycles. The van der Waals surface area contributed by atoms with Crippen LogP contribution in [0.4, 0.5) is 0 Å². The topological polar surface area (TPSA) is 0 Å². The molecule has 0 aromatic rings. The molecule has 0 rings (SSSR count). The summed E-state index contributed by atoms with van der Waals surface area (Å²) in [5.41, 5.74) is 0. The zero-order valence-electron chi connectivity index (χ0n) is 0. The molecule has 0 amide bonds. The summed E-state index contributed by atoms with van der Waals surface area (Å²) in [5.74, 6) is 0. The second kappa shape index (κ2) is 22.4. The van der Waals surface area contributed by atoms with Gasteiger partial charge in [0.2, 0.25) is 0 Å². The first-order valence-corrected chi connectivity index (χ1v) is 0. The maximum atomic E-state index is 0. The summed E-state index contributed by atoms with van der Waals surface area (Å²) in [4.78, 5) is 0. The summed E-state index contributed by atoms with van der Waals surface area (Å²) in [6.07, 6.45) is 0. The fourth-order valence-corrected chi connectivity index (χ4v) is 0. The van der Waals surface area contributed by atoms with Gasteiger partial charge in [0, 0.05) is 0 Å². The molecule has 0 saturated heterocycles. The quantitative estimate of drug-likeness (QED) is 0.353. The van der Waals surface area contributed by atoms with Crippen LogP contribution in [-0.4, -0.2) is 189 Å². The molecule has 0 atom stereocenters. The monoisotopic (exact) mass is 210 g/mol. The Labute approximate surface area is 182 Å². The Morgan fingerprint density at radius 3 is 0.200 bits per heavy atom. The third kappa shape index (κ3) is 17.9. The van der Waals surface area contributed by atoms with E-state index in [4.69, 9.17) is 0 Å². The Bertz CT molecular complexity index is 0. The standard InChI is InChI=1S/5Ca.10H. The molecule has 5 heteroatoms. The van der Waals surface area contributed by atoms with E-state index in [1.165, 1.54) is 0 Å². The number of hydrogen-bond acceptors (Lipinski definition) is 0. The first kappa shape index (κ1) is 30.2. The third-order valence-corrected chi connectivity index (χ3v) is 0. The molecule has 5 heavy (non-hydrogen) atoms. The van der Waals surface area contributed by atoms with Crippen molar-refractivity contribution in [1.29, 1.82) is 0 Å². The van der Waals surface area contributed by atoms with Crippen LogP contribution in [0, 0.1) is 0 Å². The Morgan fingerprint density at radius 2 is 0.200 bits per heavy atom. The Kier molecular flexibility index (Phi) is 136. The van der Waals surface area contributed by atoms with Crippen LogP contribution in [-0.2, 0) is 0 Å². The van der Waals surface area contributed by atoms with Crippen molar-refractivity contribution in [3.05, 3.63) is 0 Å². The van der Waals surface area contributed by atoms with E-state index < -0.39 is 0 Å². The fourth-order valence-electron chi connectivity index (χ4n) is 0. The van der Waals surface area contributed by atoms with Gasteiger partial charge in [-0.2, -0.15) is 0 Å². The summed E-state index contributed by atoms with van der Waals surface area (Å²) in [5, 5.41) is 0. The van der Waals surface area contributed by atoms with E-state index in [1.807, 2.05) is 0 Å². The molecule has 20 valence electrons. The Morgan fingerprint density at radius 1 is 0.200 bits per heavy atom. The first-order chi connectivity index (χ1) is 0. The Balaban J connectivity index is 0. The molecule has 0 aliphatic rings. The summed E-state index contributed by atoms with van der Waals surface area (Å²) >= 11 is 0. The van der Waals surface area contributed by atoms with Gasteiger partial charge in [-0.15, -0.1) is 0 Å². The van der Waals surface area contributed by atoms with E-state index >= 15 is 0 Å². The van der Waals surface area contributed by atoms with Crippen molar-refractivity contribution in [2.75, 3.05) is 0 Å². The molecule has 0 radical (unpaired) electrons. The van der Waals surface area contributed by atoms with E-state index in [-0.39, 0.29) is 189 Å². The minimum atomic E-state index is 0. The molecule has 0 aliphatic heterocycles. The van der Waals surface area contributed by atoms with E-state index in [9.17, 15) is 0 Å². The average Bonchev–Trinajstić information content (AvgIpc) is 0. The van der Waals surface area contributed by atoms with Crippen molar-refractivity contribution in [1.82, 2.24) is 0 Å². The zero-order valence-corrected chi connectivity index (χ0v) is 0. The molecule has 0 spiro atoms. The van der Waals surface area contributed by atoms with Crippen LogP contribution >= 0.6 is 0 Å². The predicted octanol–water partition coefficient (Wildman–Crippen LogP) is -4.58. The summed E-state index contributed by atoms with van der Waals surface area (Å²) < 4.78 is 0. The van der Waals surface area contributed by atoms with Gasteiger partial charge in [0.25, 0.3) is 0 Å². The van der Waals surface area contributed by atoms with Crippen molar-refractivity contribution in [2.24, 2.45) is 0 Å². The first-order valence-electron chi connectivity index (χ1n) is 0. The summed E-state index contributed by atoms with van der Waals surface area (Å²) in [6, 6.07) is 0. The van der Waals surface area contributed by atoms with Crippen LogP contribution in [0.5, 0.6) is 0 Å². The molecule has 0 unspecified atom stereocenters. The normalized spacial score (nSPS) is 0. The molecule has 0 N–H and O–H groups in total. The van der Waals surface area contributed by atoms with Gasteiger partial charge >= 0.3 is 189 Å². The number of hydrogen-bond donors (Lipinski definition) is 0. The van der Waals surface area contributed by atoms with Gasteiger partial charge in [-0.1, -0.05) is 0 Å². The molecule has 0 nitrogen and oxygen atoms in total. The van der Waals surface area contributed by atoms with Crippen LogP contribution < -0.4 is 0 Å². The molecule has 0 bridgehead atoms. The fraction of sp³-hybridized carbons (Fsp3) is 0. The average molecular weight is 210 g/mol. The predicted molar refractivity (Wildman–Crippen MR) is 42.7 cm³/mol. The van der Waals surface area contributed by atoms with E-state index in [0.717, 1.165) is 0 Å². The third-order valence-electron chi connectivity index (χ3n) is 0. The zero-order chi connectivity index (χ0) is 0.